The molecule has 3 nitrogen and oxygen atoms in total. The van der Waals surface area contributed by atoms with E-state index in [1.54, 1.807) is 11.8 Å². The van der Waals surface area contributed by atoms with Crippen LogP contribution in [0.3, 0.4) is 0 Å². The van der Waals surface area contributed by atoms with E-state index in [0.717, 1.165) is 25.9 Å². The molecule has 0 aromatic carbocycles. The molecule has 1 aliphatic rings. The highest BCUT2D eigenvalue weighted by molar-refractivity contribution is 7.99. The number of carbonyl (C=O) groups excluding carboxylic acids is 1. The van der Waals surface area contributed by atoms with E-state index in [9.17, 15) is 4.79 Å². The molecule has 5 heteroatoms. The molecule has 1 rings (SSSR count). The van der Waals surface area contributed by atoms with E-state index in [-0.39, 0.29) is 29.1 Å². The lowest BCUT2D eigenvalue weighted by atomic mass is 10.0. The first-order valence-electron chi connectivity index (χ1n) is 5.61. The Kier molecular flexibility index (Phi) is 7.44. The molecule has 0 radical (unpaired) electrons. The van der Waals surface area contributed by atoms with Crippen LogP contribution in [-0.2, 0) is 4.79 Å². The number of rotatable bonds is 4. The van der Waals surface area contributed by atoms with Gasteiger partial charge in [-0.1, -0.05) is 6.42 Å². The molecule has 0 aliphatic carbocycles. The second kappa shape index (κ2) is 7.41. The zero-order valence-corrected chi connectivity index (χ0v) is 12.0. The summed E-state index contributed by atoms with van der Waals surface area (Å²) in [5, 5.41) is 6.28. The minimum absolute atomic E-state index is 0. The summed E-state index contributed by atoms with van der Waals surface area (Å²) >= 11 is 1.78. The van der Waals surface area contributed by atoms with Crippen LogP contribution >= 0.6 is 24.2 Å². The molecule has 0 aromatic heterocycles. The molecule has 0 saturated carbocycles. The van der Waals surface area contributed by atoms with Gasteiger partial charge in [0, 0.05) is 11.3 Å². The van der Waals surface area contributed by atoms with Crippen molar-refractivity contribution in [2.24, 2.45) is 0 Å². The highest BCUT2D eigenvalue weighted by atomic mass is 35.5. The number of hydrogen-bond acceptors (Lipinski definition) is 3. The molecule has 1 fully saturated rings. The van der Waals surface area contributed by atoms with Gasteiger partial charge in [0.25, 0.3) is 0 Å². The van der Waals surface area contributed by atoms with E-state index in [0.29, 0.717) is 0 Å². The second-order valence-electron chi connectivity index (χ2n) is 4.68. The summed E-state index contributed by atoms with van der Waals surface area (Å²) in [5.41, 5.74) is 0. The first-order chi connectivity index (χ1) is 7.05. The fraction of sp³-hybridized carbons (Fsp3) is 0.909. The number of halogens is 1. The van der Waals surface area contributed by atoms with Crippen molar-refractivity contribution < 1.29 is 4.79 Å². The summed E-state index contributed by atoms with van der Waals surface area (Å²) in [7, 11) is 0. The quantitative estimate of drug-likeness (QED) is 0.816. The third-order valence-electron chi connectivity index (χ3n) is 2.87. The van der Waals surface area contributed by atoms with Gasteiger partial charge in [-0.3, -0.25) is 4.79 Å². The molecule has 0 bridgehead atoms. The summed E-state index contributed by atoms with van der Waals surface area (Å²) in [5.74, 6) is 0.164. The van der Waals surface area contributed by atoms with Crippen LogP contribution in [0.1, 0.15) is 33.1 Å². The fourth-order valence-electron chi connectivity index (χ4n) is 1.57. The highest BCUT2D eigenvalue weighted by Gasteiger charge is 2.23. The first-order valence-corrected chi connectivity index (χ1v) is 6.84. The van der Waals surface area contributed by atoms with Gasteiger partial charge in [-0.2, -0.15) is 11.8 Å². The maximum atomic E-state index is 11.8. The first kappa shape index (κ1) is 16.1. The monoisotopic (exact) mass is 266 g/mol. The fourth-order valence-corrected chi connectivity index (χ4v) is 1.79. The van der Waals surface area contributed by atoms with Crippen molar-refractivity contribution in [1.29, 1.82) is 0 Å². The second-order valence-corrected chi connectivity index (χ2v) is 6.20. The zero-order valence-electron chi connectivity index (χ0n) is 10.3. The van der Waals surface area contributed by atoms with Crippen LogP contribution in [0, 0.1) is 0 Å². The van der Waals surface area contributed by atoms with Crippen molar-refractivity contribution in [3.05, 3.63) is 0 Å². The number of carbonyl (C=O) groups is 1. The Balaban J connectivity index is 0.00000225. The van der Waals surface area contributed by atoms with Crippen molar-refractivity contribution in [2.75, 3.05) is 19.3 Å². The Morgan fingerprint density at radius 1 is 1.50 bits per heavy atom. The van der Waals surface area contributed by atoms with Gasteiger partial charge in [0.1, 0.15) is 0 Å². The molecule has 1 heterocycles. The van der Waals surface area contributed by atoms with Crippen LogP contribution in [0.2, 0.25) is 0 Å². The predicted molar refractivity (Wildman–Crippen MR) is 73.5 cm³/mol. The molecule has 16 heavy (non-hydrogen) atoms. The smallest absolute Gasteiger partial charge is 0.237 e. The molecule has 1 amide bonds. The van der Waals surface area contributed by atoms with Crippen LogP contribution in [0.5, 0.6) is 0 Å². The molecule has 0 spiro atoms. The number of hydrogen-bond donors (Lipinski definition) is 2. The number of nitrogens with one attached hydrogen (secondary N) is 2. The molecular weight excluding hydrogens is 244 g/mol. The zero-order chi connectivity index (χ0) is 11.3. The Morgan fingerprint density at radius 2 is 2.19 bits per heavy atom. The minimum Gasteiger partial charge on any atom is -0.353 e. The van der Waals surface area contributed by atoms with Crippen LogP contribution in [-0.4, -0.2) is 36.0 Å². The van der Waals surface area contributed by atoms with E-state index in [2.05, 4.69) is 30.7 Å². The Hall–Kier alpha value is 0.0700. The third-order valence-corrected chi connectivity index (χ3v) is 4.12. The molecule has 96 valence electrons. The number of piperidine rings is 1. The lowest BCUT2D eigenvalue weighted by Crippen LogP contribution is -2.49. The number of amides is 1. The standard InChI is InChI=1S/C11H22N2OS.ClH/c1-11(2,15-3)8-13-10(14)9-6-4-5-7-12-9;/h9,12H,4-8H2,1-3H3,(H,13,14);1H/t9-;/m0./s1. The lowest BCUT2D eigenvalue weighted by molar-refractivity contribution is -0.123. The van der Waals surface area contributed by atoms with Gasteiger partial charge < -0.3 is 10.6 Å². The molecular formula is C11H23ClN2OS. The van der Waals surface area contributed by atoms with E-state index in [4.69, 9.17) is 0 Å². The summed E-state index contributed by atoms with van der Waals surface area (Å²) in [6.45, 7) is 6.01. The van der Waals surface area contributed by atoms with Crippen molar-refractivity contribution >= 4 is 30.1 Å². The van der Waals surface area contributed by atoms with Gasteiger partial charge >= 0.3 is 0 Å². The van der Waals surface area contributed by atoms with Crippen LogP contribution in [0.25, 0.3) is 0 Å². The third kappa shape index (κ3) is 5.41. The van der Waals surface area contributed by atoms with Crippen molar-refractivity contribution in [2.45, 2.75) is 43.9 Å². The van der Waals surface area contributed by atoms with Gasteiger partial charge in [-0.05, 0) is 39.5 Å². The van der Waals surface area contributed by atoms with Crippen molar-refractivity contribution in [3.8, 4) is 0 Å². The van der Waals surface area contributed by atoms with E-state index in [1.807, 2.05) is 0 Å². The maximum absolute atomic E-state index is 11.8. The topological polar surface area (TPSA) is 41.1 Å². The molecule has 1 saturated heterocycles. The highest BCUT2D eigenvalue weighted by Crippen LogP contribution is 2.19. The van der Waals surface area contributed by atoms with E-state index in [1.165, 1.54) is 6.42 Å². The van der Waals surface area contributed by atoms with Crippen molar-refractivity contribution in [1.82, 2.24) is 10.6 Å². The van der Waals surface area contributed by atoms with Gasteiger partial charge in [0.05, 0.1) is 6.04 Å². The Labute approximate surface area is 109 Å². The summed E-state index contributed by atoms with van der Waals surface area (Å²) in [4.78, 5) is 11.8. The molecule has 1 atom stereocenters. The Morgan fingerprint density at radius 3 is 2.69 bits per heavy atom. The van der Waals surface area contributed by atoms with Crippen LogP contribution < -0.4 is 10.6 Å². The van der Waals surface area contributed by atoms with Gasteiger partial charge in [0.15, 0.2) is 0 Å². The normalized spacial score (nSPS) is 21.1. The SMILES string of the molecule is CSC(C)(C)CNC(=O)[C@@H]1CCCCN1.Cl. The maximum Gasteiger partial charge on any atom is 0.237 e. The van der Waals surface area contributed by atoms with Gasteiger partial charge in [0.2, 0.25) is 5.91 Å². The number of thioether (sulfide) groups is 1. The van der Waals surface area contributed by atoms with Crippen molar-refractivity contribution in [3.63, 3.8) is 0 Å². The molecule has 1 aliphatic heterocycles. The average Bonchev–Trinajstić information content (AvgIpc) is 2.27. The largest absolute Gasteiger partial charge is 0.353 e. The van der Waals surface area contributed by atoms with Crippen LogP contribution in [0.4, 0.5) is 0 Å². The molecule has 0 aromatic rings. The molecule has 2 N–H and O–H groups in total. The summed E-state index contributed by atoms with van der Waals surface area (Å²) < 4.78 is 0.129. The molecule has 0 unspecified atom stereocenters. The van der Waals surface area contributed by atoms with Gasteiger partial charge in [-0.15, -0.1) is 12.4 Å². The van der Waals surface area contributed by atoms with E-state index >= 15 is 0 Å². The Bertz CT molecular complexity index is 218. The average molecular weight is 267 g/mol. The lowest BCUT2D eigenvalue weighted by Gasteiger charge is -2.26. The van der Waals surface area contributed by atoms with Gasteiger partial charge in [-0.25, -0.2) is 0 Å². The van der Waals surface area contributed by atoms with Crippen LogP contribution in [0.15, 0.2) is 0 Å². The summed E-state index contributed by atoms with van der Waals surface area (Å²) in [6, 6.07) is 0.0383. The summed E-state index contributed by atoms with van der Waals surface area (Å²) in [6.07, 6.45) is 5.41. The van der Waals surface area contributed by atoms with E-state index < -0.39 is 0 Å². The predicted octanol–water partition coefficient (Wildman–Crippen LogP) is 1.81. The minimum atomic E-state index is 0.